The summed E-state index contributed by atoms with van der Waals surface area (Å²) < 4.78 is 14.0. The van der Waals surface area contributed by atoms with Gasteiger partial charge in [-0.1, -0.05) is 23.9 Å². The predicted octanol–water partition coefficient (Wildman–Crippen LogP) is 1.12. The molecule has 152 valence electrons. The SMILES string of the molecule is COC(=O)CSC1=C(C#N)[C@H](c2ccc(C(=O)OC)cc2)[C@H](C(=O)OC)C(=O)N1. The fraction of sp³-hybridized carbons (Fsp3) is 0.316. The van der Waals surface area contributed by atoms with Crippen molar-refractivity contribution in [2.24, 2.45) is 5.92 Å². The number of carbonyl (C=O) groups is 4. The number of amides is 1. The maximum absolute atomic E-state index is 12.6. The molecule has 0 aromatic heterocycles. The molecule has 29 heavy (non-hydrogen) atoms. The highest BCUT2D eigenvalue weighted by Gasteiger charge is 2.44. The number of hydrogen-bond donors (Lipinski definition) is 1. The zero-order chi connectivity index (χ0) is 21.6. The summed E-state index contributed by atoms with van der Waals surface area (Å²) >= 11 is 0.922. The number of esters is 3. The van der Waals surface area contributed by atoms with Gasteiger partial charge in [0.1, 0.15) is 5.92 Å². The summed E-state index contributed by atoms with van der Waals surface area (Å²) in [6, 6.07) is 8.02. The van der Waals surface area contributed by atoms with Gasteiger partial charge in [0.15, 0.2) is 0 Å². The van der Waals surface area contributed by atoms with Gasteiger partial charge >= 0.3 is 17.9 Å². The summed E-state index contributed by atoms with van der Waals surface area (Å²) in [5.41, 5.74) is 0.823. The highest BCUT2D eigenvalue weighted by molar-refractivity contribution is 8.03. The Balaban J connectivity index is 2.53. The number of benzene rings is 1. The summed E-state index contributed by atoms with van der Waals surface area (Å²) in [6.45, 7) is 0. The summed E-state index contributed by atoms with van der Waals surface area (Å²) in [6.07, 6.45) is 0. The molecule has 9 nitrogen and oxygen atoms in total. The second-order valence-electron chi connectivity index (χ2n) is 5.80. The fourth-order valence-corrected chi connectivity index (χ4v) is 3.69. The molecular formula is C19H18N2O7S. The first-order valence-corrected chi connectivity index (χ1v) is 9.27. The van der Waals surface area contributed by atoms with E-state index < -0.39 is 35.7 Å². The van der Waals surface area contributed by atoms with E-state index in [0.29, 0.717) is 5.56 Å². The van der Waals surface area contributed by atoms with Gasteiger partial charge in [-0.3, -0.25) is 14.4 Å². The van der Waals surface area contributed by atoms with Crippen LogP contribution >= 0.6 is 11.8 Å². The molecule has 1 N–H and O–H groups in total. The molecule has 0 radical (unpaired) electrons. The molecule has 2 atom stereocenters. The van der Waals surface area contributed by atoms with E-state index in [1.54, 1.807) is 0 Å². The Morgan fingerprint density at radius 3 is 2.28 bits per heavy atom. The topological polar surface area (TPSA) is 132 Å². The first-order chi connectivity index (χ1) is 13.9. The minimum Gasteiger partial charge on any atom is -0.468 e. The molecule has 1 aromatic rings. The van der Waals surface area contributed by atoms with Gasteiger partial charge in [-0.25, -0.2) is 4.79 Å². The van der Waals surface area contributed by atoms with Crippen molar-refractivity contribution in [1.82, 2.24) is 5.32 Å². The fourth-order valence-electron chi connectivity index (χ4n) is 2.81. The molecule has 2 rings (SSSR count). The van der Waals surface area contributed by atoms with Gasteiger partial charge in [-0.2, -0.15) is 5.26 Å². The lowest BCUT2D eigenvalue weighted by molar-refractivity contribution is -0.150. The molecule has 1 aliphatic heterocycles. The lowest BCUT2D eigenvalue weighted by Gasteiger charge is -2.30. The normalized spacial score (nSPS) is 18.3. The standard InChI is InChI=1S/C19H18N2O7S/c1-26-13(22)9-29-17-12(8-20)14(15(16(23)21-17)19(25)28-3)10-4-6-11(7-5-10)18(24)27-2/h4-7,14-15H,9H2,1-3H3,(H,21,23)/t14-,15-/m0/s1. The lowest BCUT2D eigenvalue weighted by atomic mass is 9.78. The van der Waals surface area contributed by atoms with Gasteiger partial charge in [0.2, 0.25) is 5.91 Å². The second kappa shape index (κ2) is 9.75. The van der Waals surface area contributed by atoms with Crippen molar-refractivity contribution in [2.75, 3.05) is 27.1 Å². The third-order valence-electron chi connectivity index (χ3n) is 4.24. The first kappa shape index (κ1) is 22.0. The van der Waals surface area contributed by atoms with Crippen LogP contribution in [0.25, 0.3) is 0 Å². The number of allylic oxidation sites excluding steroid dienone is 1. The Kier molecular flexibility index (Phi) is 7.39. The average molecular weight is 418 g/mol. The van der Waals surface area contributed by atoms with Crippen molar-refractivity contribution in [3.05, 3.63) is 46.0 Å². The van der Waals surface area contributed by atoms with E-state index in [1.807, 2.05) is 6.07 Å². The van der Waals surface area contributed by atoms with E-state index in [9.17, 15) is 24.4 Å². The molecule has 1 amide bonds. The van der Waals surface area contributed by atoms with E-state index in [1.165, 1.54) is 38.5 Å². The molecule has 0 unspecified atom stereocenters. The average Bonchev–Trinajstić information content (AvgIpc) is 2.75. The van der Waals surface area contributed by atoms with E-state index in [2.05, 4.69) is 14.8 Å². The summed E-state index contributed by atoms with van der Waals surface area (Å²) in [7, 11) is 3.61. The van der Waals surface area contributed by atoms with Gasteiger partial charge in [0.25, 0.3) is 0 Å². The molecule has 0 fully saturated rings. The summed E-state index contributed by atoms with van der Waals surface area (Å²) in [5.74, 6) is -4.95. The van der Waals surface area contributed by atoms with Crippen LogP contribution in [0.3, 0.4) is 0 Å². The third kappa shape index (κ3) is 4.75. The molecule has 1 heterocycles. The third-order valence-corrected chi connectivity index (χ3v) is 5.23. The molecule has 0 bridgehead atoms. The van der Waals surface area contributed by atoms with Crippen LogP contribution in [0.5, 0.6) is 0 Å². The van der Waals surface area contributed by atoms with E-state index >= 15 is 0 Å². The highest BCUT2D eigenvalue weighted by Crippen LogP contribution is 2.40. The Hall–Kier alpha value is -3.32. The van der Waals surface area contributed by atoms with Crippen LogP contribution in [0.4, 0.5) is 0 Å². The lowest BCUT2D eigenvalue weighted by Crippen LogP contribution is -2.44. The Morgan fingerprint density at radius 1 is 1.10 bits per heavy atom. The molecule has 1 aliphatic rings. The van der Waals surface area contributed by atoms with Crippen molar-refractivity contribution < 1.29 is 33.4 Å². The van der Waals surface area contributed by atoms with Gasteiger partial charge in [-0.05, 0) is 17.7 Å². The number of thioether (sulfide) groups is 1. The van der Waals surface area contributed by atoms with E-state index in [4.69, 9.17) is 4.74 Å². The van der Waals surface area contributed by atoms with Crippen molar-refractivity contribution in [3.63, 3.8) is 0 Å². The maximum Gasteiger partial charge on any atom is 0.337 e. The second-order valence-corrected chi connectivity index (χ2v) is 6.79. The number of methoxy groups -OCH3 is 3. The molecule has 0 spiro atoms. The Bertz CT molecular complexity index is 902. The molecule has 1 aromatic carbocycles. The summed E-state index contributed by atoms with van der Waals surface area (Å²) in [5, 5.41) is 12.4. The summed E-state index contributed by atoms with van der Waals surface area (Å²) in [4.78, 5) is 48.0. The van der Waals surface area contributed by atoms with Crippen LogP contribution < -0.4 is 5.32 Å². The monoisotopic (exact) mass is 418 g/mol. The number of nitrogens with zero attached hydrogens (tertiary/aromatic N) is 1. The number of carbonyl (C=O) groups excluding carboxylic acids is 4. The van der Waals surface area contributed by atoms with E-state index in [0.717, 1.165) is 18.9 Å². The molecule has 0 saturated heterocycles. The highest BCUT2D eigenvalue weighted by atomic mass is 32.2. The van der Waals surface area contributed by atoms with Crippen molar-refractivity contribution in [2.45, 2.75) is 5.92 Å². The number of nitrogens with one attached hydrogen (secondary N) is 1. The largest absolute Gasteiger partial charge is 0.468 e. The number of hydrogen-bond acceptors (Lipinski definition) is 9. The zero-order valence-electron chi connectivity index (χ0n) is 15.9. The quantitative estimate of drug-likeness (QED) is 0.410. The Labute approximate surface area is 171 Å². The number of nitriles is 1. The zero-order valence-corrected chi connectivity index (χ0v) is 16.7. The van der Waals surface area contributed by atoms with Crippen LogP contribution in [0.15, 0.2) is 34.9 Å². The van der Waals surface area contributed by atoms with Gasteiger partial charge < -0.3 is 19.5 Å². The van der Waals surface area contributed by atoms with Crippen molar-refractivity contribution in [1.29, 1.82) is 5.26 Å². The van der Waals surface area contributed by atoms with Gasteiger partial charge in [-0.15, -0.1) is 0 Å². The van der Waals surface area contributed by atoms with Gasteiger partial charge in [0, 0.05) is 5.92 Å². The van der Waals surface area contributed by atoms with Crippen molar-refractivity contribution in [3.8, 4) is 6.07 Å². The first-order valence-electron chi connectivity index (χ1n) is 8.28. The van der Waals surface area contributed by atoms with Crippen molar-refractivity contribution >= 4 is 35.6 Å². The number of rotatable bonds is 6. The maximum atomic E-state index is 12.6. The minimum atomic E-state index is -1.30. The van der Waals surface area contributed by atoms with Gasteiger partial charge in [0.05, 0.1) is 49.3 Å². The smallest absolute Gasteiger partial charge is 0.337 e. The number of ether oxygens (including phenoxy) is 3. The van der Waals surface area contributed by atoms with Crippen LogP contribution in [0, 0.1) is 17.2 Å². The minimum absolute atomic E-state index is 0.0970. The Morgan fingerprint density at radius 2 is 1.76 bits per heavy atom. The van der Waals surface area contributed by atoms with Crippen LogP contribution in [-0.4, -0.2) is 50.9 Å². The predicted molar refractivity (Wildman–Crippen MR) is 101 cm³/mol. The van der Waals surface area contributed by atoms with Crippen LogP contribution in [-0.2, 0) is 28.6 Å². The molecule has 10 heteroatoms. The van der Waals surface area contributed by atoms with Crippen LogP contribution in [0.1, 0.15) is 21.8 Å². The molecular weight excluding hydrogens is 400 g/mol. The molecule has 0 aliphatic carbocycles. The van der Waals surface area contributed by atoms with E-state index in [-0.39, 0.29) is 21.9 Å². The molecule has 0 saturated carbocycles. The van der Waals surface area contributed by atoms with Crippen LogP contribution in [0.2, 0.25) is 0 Å².